The number of amides is 1. The van der Waals surface area contributed by atoms with Gasteiger partial charge in [-0.25, -0.2) is 9.78 Å². The van der Waals surface area contributed by atoms with Crippen molar-refractivity contribution in [3.63, 3.8) is 0 Å². The maximum Gasteiger partial charge on any atom is 0.338 e. The lowest BCUT2D eigenvalue weighted by atomic mass is 9.99. The number of nitrogens with zero attached hydrogens (tertiary/aromatic N) is 2. The van der Waals surface area contributed by atoms with E-state index < -0.39 is 5.97 Å². The van der Waals surface area contributed by atoms with Gasteiger partial charge in [-0.05, 0) is 43.5 Å². The summed E-state index contributed by atoms with van der Waals surface area (Å²) < 4.78 is 6.44. The second kappa shape index (κ2) is 8.10. The van der Waals surface area contributed by atoms with E-state index in [1.807, 2.05) is 37.3 Å². The molecular weight excluding hydrogens is 372 g/mol. The molecule has 1 fully saturated rings. The number of ether oxygens (including phenoxy) is 1. The molecule has 1 saturated heterocycles. The van der Waals surface area contributed by atoms with Gasteiger partial charge in [0.2, 0.25) is 0 Å². The largest absolute Gasteiger partial charge is 0.452 e. The van der Waals surface area contributed by atoms with Crippen molar-refractivity contribution in [2.24, 2.45) is 0 Å². The summed E-state index contributed by atoms with van der Waals surface area (Å²) in [5.41, 5.74) is 2.35. The van der Waals surface area contributed by atoms with Crippen LogP contribution in [0, 0.1) is 6.92 Å². The van der Waals surface area contributed by atoms with Gasteiger partial charge < -0.3 is 9.64 Å². The van der Waals surface area contributed by atoms with Gasteiger partial charge in [0.05, 0.1) is 20.8 Å². The highest BCUT2D eigenvalue weighted by atomic mass is 32.1. The van der Waals surface area contributed by atoms with Crippen LogP contribution in [0.5, 0.6) is 0 Å². The van der Waals surface area contributed by atoms with E-state index >= 15 is 0 Å². The van der Waals surface area contributed by atoms with E-state index in [9.17, 15) is 9.59 Å². The van der Waals surface area contributed by atoms with Gasteiger partial charge in [-0.1, -0.05) is 30.3 Å². The standard InChI is InChI=1S/C22H22N2O3S/c1-15-7-2-3-9-17(15)22(26)27-14-20(25)24-12-6-8-16(13-24)21-23-18-10-4-5-11-19(18)28-21/h2-5,7,9-11,16H,6,8,12-14H2,1H3/t16-/m0/s1. The Hall–Kier alpha value is -2.73. The van der Waals surface area contributed by atoms with Crippen molar-refractivity contribution in [2.75, 3.05) is 19.7 Å². The molecule has 0 spiro atoms. The first-order chi connectivity index (χ1) is 13.6. The van der Waals surface area contributed by atoms with Crippen LogP contribution in [0.15, 0.2) is 48.5 Å². The van der Waals surface area contributed by atoms with E-state index in [1.165, 1.54) is 4.70 Å². The van der Waals surface area contributed by atoms with Gasteiger partial charge in [0.25, 0.3) is 5.91 Å². The molecule has 28 heavy (non-hydrogen) atoms. The highest BCUT2D eigenvalue weighted by molar-refractivity contribution is 7.18. The van der Waals surface area contributed by atoms with Gasteiger partial charge in [-0.15, -0.1) is 11.3 Å². The zero-order chi connectivity index (χ0) is 19.5. The van der Waals surface area contributed by atoms with Gasteiger partial charge in [-0.2, -0.15) is 0 Å². The van der Waals surface area contributed by atoms with Crippen LogP contribution in [-0.4, -0.2) is 41.5 Å². The summed E-state index contributed by atoms with van der Waals surface area (Å²) in [4.78, 5) is 31.4. The predicted octanol–water partition coefficient (Wildman–Crippen LogP) is 4.17. The molecule has 0 bridgehead atoms. The average molecular weight is 394 g/mol. The van der Waals surface area contributed by atoms with Crippen molar-refractivity contribution < 1.29 is 14.3 Å². The predicted molar refractivity (Wildman–Crippen MR) is 110 cm³/mol. The van der Waals surface area contributed by atoms with Gasteiger partial charge in [-0.3, -0.25) is 4.79 Å². The Kier molecular flexibility index (Phi) is 5.39. The molecule has 0 N–H and O–H groups in total. The van der Waals surface area contributed by atoms with Gasteiger partial charge in [0.1, 0.15) is 0 Å². The summed E-state index contributed by atoms with van der Waals surface area (Å²) in [6.07, 6.45) is 1.95. The Morgan fingerprint density at radius 3 is 2.79 bits per heavy atom. The third-order valence-corrected chi connectivity index (χ3v) is 6.32. The molecule has 3 aromatic rings. The fourth-order valence-corrected chi connectivity index (χ4v) is 4.66. The van der Waals surface area contributed by atoms with Crippen LogP contribution in [-0.2, 0) is 9.53 Å². The molecule has 0 unspecified atom stereocenters. The van der Waals surface area contributed by atoms with Crippen molar-refractivity contribution >= 4 is 33.4 Å². The number of benzene rings is 2. The molecule has 2 heterocycles. The number of fused-ring (bicyclic) bond motifs is 1. The summed E-state index contributed by atoms with van der Waals surface area (Å²) in [6, 6.07) is 15.3. The number of thiazole rings is 1. The number of carbonyl (C=O) groups is 2. The Morgan fingerprint density at radius 2 is 1.96 bits per heavy atom. The van der Waals surface area contributed by atoms with Crippen molar-refractivity contribution in [2.45, 2.75) is 25.7 Å². The monoisotopic (exact) mass is 394 g/mol. The van der Waals surface area contributed by atoms with Crippen LogP contribution in [0.1, 0.15) is 39.7 Å². The smallest absolute Gasteiger partial charge is 0.338 e. The summed E-state index contributed by atoms with van der Waals surface area (Å²) in [5, 5.41) is 1.08. The third-order valence-electron chi connectivity index (χ3n) is 5.13. The topological polar surface area (TPSA) is 59.5 Å². The van der Waals surface area contributed by atoms with Crippen LogP contribution in [0.4, 0.5) is 0 Å². The number of aromatic nitrogens is 1. The quantitative estimate of drug-likeness (QED) is 0.623. The molecule has 1 aliphatic rings. The summed E-state index contributed by atoms with van der Waals surface area (Å²) in [5.74, 6) is -0.360. The van der Waals surface area contributed by atoms with Crippen LogP contribution in [0.25, 0.3) is 10.2 Å². The summed E-state index contributed by atoms with van der Waals surface area (Å²) >= 11 is 1.70. The second-order valence-corrected chi connectivity index (χ2v) is 8.15. The maximum atomic E-state index is 12.6. The SMILES string of the molecule is Cc1ccccc1C(=O)OCC(=O)N1CCC[C@H](c2nc3ccccc3s2)C1. The maximum absolute atomic E-state index is 12.6. The van der Waals surface area contributed by atoms with Gasteiger partial charge in [0, 0.05) is 19.0 Å². The van der Waals surface area contributed by atoms with E-state index in [4.69, 9.17) is 9.72 Å². The summed E-state index contributed by atoms with van der Waals surface area (Å²) in [7, 11) is 0. The molecule has 0 aliphatic carbocycles. The number of likely N-dealkylation sites (tertiary alicyclic amines) is 1. The Morgan fingerprint density at radius 1 is 1.18 bits per heavy atom. The molecule has 2 aromatic carbocycles. The molecule has 1 atom stereocenters. The van der Waals surface area contributed by atoms with Gasteiger partial charge >= 0.3 is 5.97 Å². The van der Waals surface area contributed by atoms with Crippen molar-refractivity contribution in [3.05, 3.63) is 64.7 Å². The molecular formula is C22H22N2O3S. The van der Waals surface area contributed by atoms with Crippen LogP contribution in [0.3, 0.4) is 0 Å². The van der Waals surface area contributed by atoms with Crippen LogP contribution < -0.4 is 0 Å². The number of piperidine rings is 1. The fourth-order valence-electron chi connectivity index (χ4n) is 3.57. The number of carbonyl (C=O) groups excluding carboxylic acids is 2. The van der Waals surface area contributed by atoms with E-state index in [-0.39, 0.29) is 18.4 Å². The number of esters is 1. The Bertz CT molecular complexity index is 981. The lowest BCUT2D eigenvalue weighted by Gasteiger charge is -2.31. The van der Waals surface area contributed by atoms with Crippen molar-refractivity contribution in [3.8, 4) is 0 Å². The number of aryl methyl sites for hydroxylation is 1. The molecule has 1 aromatic heterocycles. The average Bonchev–Trinajstić information content (AvgIpc) is 3.16. The zero-order valence-electron chi connectivity index (χ0n) is 15.8. The van der Waals surface area contributed by atoms with E-state index in [0.29, 0.717) is 18.7 Å². The number of hydrogen-bond donors (Lipinski definition) is 0. The van der Waals surface area contributed by atoms with Gasteiger partial charge in [0.15, 0.2) is 6.61 Å². The highest BCUT2D eigenvalue weighted by Crippen LogP contribution is 2.32. The molecule has 5 nitrogen and oxygen atoms in total. The molecule has 6 heteroatoms. The Balaban J connectivity index is 1.38. The van der Waals surface area contributed by atoms with E-state index in [1.54, 1.807) is 28.4 Å². The fraction of sp³-hybridized carbons (Fsp3) is 0.318. The van der Waals surface area contributed by atoms with E-state index in [0.717, 1.165) is 28.9 Å². The lowest BCUT2D eigenvalue weighted by molar-refractivity contribution is -0.135. The minimum absolute atomic E-state index is 0.146. The van der Waals surface area contributed by atoms with Crippen LogP contribution in [0.2, 0.25) is 0 Å². The first kappa shape index (κ1) is 18.6. The molecule has 1 aliphatic heterocycles. The highest BCUT2D eigenvalue weighted by Gasteiger charge is 2.27. The van der Waals surface area contributed by atoms with Crippen molar-refractivity contribution in [1.82, 2.24) is 9.88 Å². The first-order valence-corrected chi connectivity index (χ1v) is 10.3. The molecule has 0 saturated carbocycles. The second-order valence-electron chi connectivity index (χ2n) is 7.09. The molecule has 4 rings (SSSR count). The number of rotatable bonds is 4. The normalized spacial score (nSPS) is 16.9. The number of hydrogen-bond acceptors (Lipinski definition) is 5. The molecule has 0 radical (unpaired) electrons. The zero-order valence-corrected chi connectivity index (χ0v) is 16.6. The Labute approximate surface area is 168 Å². The third kappa shape index (κ3) is 3.92. The van der Waals surface area contributed by atoms with Crippen LogP contribution >= 0.6 is 11.3 Å². The molecule has 144 valence electrons. The molecule has 1 amide bonds. The minimum atomic E-state index is -0.453. The number of para-hydroxylation sites is 1. The lowest BCUT2D eigenvalue weighted by Crippen LogP contribution is -2.41. The van der Waals surface area contributed by atoms with E-state index in [2.05, 4.69) is 6.07 Å². The minimum Gasteiger partial charge on any atom is -0.452 e. The van der Waals surface area contributed by atoms with Crippen molar-refractivity contribution in [1.29, 1.82) is 0 Å². The first-order valence-electron chi connectivity index (χ1n) is 9.48. The summed E-state index contributed by atoms with van der Waals surface area (Å²) in [6.45, 7) is 2.95.